The van der Waals surface area contributed by atoms with Crippen LogP contribution in [0, 0.1) is 0 Å². The van der Waals surface area contributed by atoms with Crippen LogP contribution in [0.4, 0.5) is 0 Å². The maximum Gasteiger partial charge on any atom is 0.326 e. The number of hydrogen-bond donors (Lipinski definition) is 1. The summed E-state index contributed by atoms with van der Waals surface area (Å²) in [5.74, 6) is -1.40. The molecule has 1 aliphatic rings. The van der Waals surface area contributed by atoms with Gasteiger partial charge in [0.05, 0.1) is 0 Å². The average Bonchev–Trinajstić information content (AvgIpc) is 2.53. The number of benzene rings is 1. The lowest BCUT2D eigenvalue weighted by Gasteiger charge is -2.33. The first-order chi connectivity index (χ1) is 10.4. The summed E-state index contributed by atoms with van der Waals surface area (Å²) in [6.45, 7) is 0.453. The van der Waals surface area contributed by atoms with Crippen LogP contribution >= 0.6 is 0 Å². The Morgan fingerprint density at radius 2 is 1.68 bits per heavy atom. The summed E-state index contributed by atoms with van der Waals surface area (Å²) in [6, 6.07) is 5.58. The van der Waals surface area contributed by atoms with Gasteiger partial charge in [0.2, 0.25) is 0 Å². The van der Waals surface area contributed by atoms with Crippen LogP contribution in [-0.4, -0.2) is 59.4 Å². The highest BCUT2D eigenvalue weighted by molar-refractivity contribution is 5.99. The zero-order valence-electron chi connectivity index (χ0n) is 12.8. The van der Waals surface area contributed by atoms with E-state index in [-0.39, 0.29) is 11.8 Å². The molecule has 1 aliphatic heterocycles. The summed E-state index contributed by atoms with van der Waals surface area (Å²) in [4.78, 5) is 38.5. The fourth-order valence-electron chi connectivity index (χ4n) is 2.61. The summed E-state index contributed by atoms with van der Waals surface area (Å²) in [6.07, 6.45) is 2.11. The van der Waals surface area contributed by atoms with Gasteiger partial charge in [0.15, 0.2) is 0 Å². The Morgan fingerprint density at radius 1 is 1.09 bits per heavy atom. The third-order valence-corrected chi connectivity index (χ3v) is 3.83. The van der Waals surface area contributed by atoms with Gasteiger partial charge in [0.25, 0.3) is 11.8 Å². The van der Waals surface area contributed by atoms with Gasteiger partial charge in [-0.25, -0.2) is 4.79 Å². The Balaban J connectivity index is 2.18. The molecule has 0 aliphatic carbocycles. The third kappa shape index (κ3) is 3.27. The summed E-state index contributed by atoms with van der Waals surface area (Å²) in [5, 5.41) is 9.24. The number of nitrogens with zero attached hydrogens (tertiary/aromatic N) is 2. The smallest absolute Gasteiger partial charge is 0.326 e. The molecule has 2 amide bonds. The van der Waals surface area contributed by atoms with Gasteiger partial charge in [0, 0.05) is 31.8 Å². The number of aliphatic carboxylic acids is 1. The first kappa shape index (κ1) is 16.0. The molecule has 0 spiro atoms. The molecule has 6 nitrogen and oxygen atoms in total. The predicted octanol–water partition coefficient (Wildman–Crippen LogP) is 1.47. The number of piperidine rings is 1. The molecule has 1 heterocycles. The maximum atomic E-state index is 12.5. The van der Waals surface area contributed by atoms with E-state index in [9.17, 15) is 19.5 Å². The Kier molecular flexibility index (Phi) is 4.80. The molecule has 1 atom stereocenters. The molecule has 6 heteroatoms. The van der Waals surface area contributed by atoms with E-state index in [1.165, 1.54) is 9.80 Å². The van der Waals surface area contributed by atoms with Crippen molar-refractivity contribution in [1.29, 1.82) is 0 Å². The molecule has 0 saturated carbocycles. The first-order valence-corrected chi connectivity index (χ1v) is 7.27. The largest absolute Gasteiger partial charge is 0.480 e. The molecule has 0 unspecified atom stereocenters. The van der Waals surface area contributed by atoms with Crippen LogP contribution in [0.1, 0.15) is 40.0 Å². The number of carbonyl (C=O) groups is 3. The van der Waals surface area contributed by atoms with E-state index < -0.39 is 12.0 Å². The molecular formula is C16H20N2O4. The highest BCUT2D eigenvalue weighted by Gasteiger charge is 2.32. The van der Waals surface area contributed by atoms with Gasteiger partial charge in [-0.15, -0.1) is 0 Å². The average molecular weight is 304 g/mol. The quantitative estimate of drug-likeness (QED) is 0.917. The fraction of sp³-hybridized carbons (Fsp3) is 0.438. The van der Waals surface area contributed by atoms with Crippen molar-refractivity contribution in [2.75, 3.05) is 20.6 Å². The van der Waals surface area contributed by atoms with Crippen molar-refractivity contribution >= 4 is 17.8 Å². The van der Waals surface area contributed by atoms with Crippen LogP contribution in [0.2, 0.25) is 0 Å². The minimum Gasteiger partial charge on any atom is -0.480 e. The monoisotopic (exact) mass is 304 g/mol. The Hall–Kier alpha value is -2.37. The van der Waals surface area contributed by atoms with Gasteiger partial charge in [0.1, 0.15) is 6.04 Å². The van der Waals surface area contributed by atoms with Crippen molar-refractivity contribution in [1.82, 2.24) is 9.80 Å². The summed E-state index contributed by atoms with van der Waals surface area (Å²) in [5.41, 5.74) is 0.901. The van der Waals surface area contributed by atoms with Crippen LogP contribution in [0.25, 0.3) is 0 Å². The second kappa shape index (κ2) is 6.60. The fourth-order valence-corrected chi connectivity index (χ4v) is 2.61. The van der Waals surface area contributed by atoms with Gasteiger partial charge >= 0.3 is 5.97 Å². The minimum atomic E-state index is -0.965. The van der Waals surface area contributed by atoms with Crippen LogP contribution in [0.15, 0.2) is 24.3 Å². The Bertz CT molecular complexity index is 580. The number of carbonyl (C=O) groups excluding carboxylic acids is 2. The van der Waals surface area contributed by atoms with Crippen molar-refractivity contribution in [2.45, 2.75) is 25.3 Å². The van der Waals surface area contributed by atoms with Gasteiger partial charge in [-0.2, -0.15) is 0 Å². The van der Waals surface area contributed by atoms with E-state index in [0.29, 0.717) is 24.1 Å². The summed E-state index contributed by atoms with van der Waals surface area (Å²) < 4.78 is 0. The predicted molar refractivity (Wildman–Crippen MR) is 80.8 cm³/mol. The number of carboxylic acids is 1. The summed E-state index contributed by atoms with van der Waals surface area (Å²) >= 11 is 0. The molecule has 1 aromatic carbocycles. The molecule has 118 valence electrons. The molecule has 2 rings (SSSR count). The maximum absolute atomic E-state index is 12.5. The summed E-state index contributed by atoms with van der Waals surface area (Å²) in [7, 11) is 3.32. The third-order valence-electron chi connectivity index (χ3n) is 3.83. The molecule has 0 radical (unpaired) electrons. The van der Waals surface area contributed by atoms with E-state index in [4.69, 9.17) is 0 Å². The second-order valence-corrected chi connectivity index (χ2v) is 5.63. The Labute approximate surface area is 129 Å². The normalized spacial score (nSPS) is 17.9. The van der Waals surface area contributed by atoms with Gasteiger partial charge < -0.3 is 14.9 Å². The number of rotatable bonds is 3. The molecule has 1 saturated heterocycles. The number of carboxylic acid groups (broad SMARTS) is 1. The van der Waals surface area contributed by atoms with Crippen LogP contribution in [-0.2, 0) is 4.79 Å². The first-order valence-electron chi connectivity index (χ1n) is 7.27. The van der Waals surface area contributed by atoms with E-state index in [2.05, 4.69) is 0 Å². The molecule has 22 heavy (non-hydrogen) atoms. The zero-order chi connectivity index (χ0) is 16.3. The van der Waals surface area contributed by atoms with Crippen molar-refractivity contribution in [3.8, 4) is 0 Å². The molecule has 0 bridgehead atoms. The van der Waals surface area contributed by atoms with Crippen molar-refractivity contribution in [3.63, 3.8) is 0 Å². The lowest BCUT2D eigenvalue weighted by Crippen LogP contribution is -2.47. The van der Waals surface area contributed by atoms with Crippen molar-refractivity contribution in [2.24, 2.45) is 0 Å². The second-order valence-electron chi connectivity index (χ2n) is 5.63. The SMILES string of the molecule is CN(C)C(=O)c1ccc(C(=O)N2CCCC[C@@H]2C(=O)O)cc1. The van der Waals surface area contributed by atoms with Crippen LogP contribution in [0.3, 0.4) is 0 Å². The highest BCUT2D eigenvalue weighted by atomic mass is 16.4. The molecule has 1 N–H and O–H groups in total. The van der Waals surface area contributed by atoms with Gasteiger partial charge in [-0.1, -0.05) is 0 Å². The number of amides is 2. The lowest BCUT2D eigenvalue weighted by molar-refractivity contribution is -0.143. The standard InChI is InChI=1S/C16H20N2O4/c1-17(2)14(19)11-6-8-12(9-7-11)15(20)18-10-4-3-5-13(18)16(21)22/h6-9,13H,3-5,10H2,1-2H3,(H,21,22)/t13-/m1/s1. The van der Waals surface area contributed by atoms with E-state index in [1.54, 1.807) is 38.4 Å². The molecule has 1 fully saturated rings. The number of hydrogen-bond acceptors (Lipinski definition) is 3. The minimum absolute atomic E-state index is 0.139. The van der Waals surface area contributed by atoms with E-state index in [1.807, 2.05) is 0 Å². The lowest BCUT2D eigenvalue weighted by atomic mass is 10.0. The number of likely N-dealkylation sites (tertiary alicyclic amines) is 1. The van der Waals surface area contributed by atoms with Crippen LogP contribution in [0.5, 0.6) is 0 Å². The van der Waals surface area contributed by atoms with Gasteiger partial charge in [-0.3, -0.25) is 9.59 Å². The Morgan fingerprint density at radius 3 is 2.23 bits per heavy atom. The zero-order valence-corrected chi connectivity index (χ0v) is 12.8. The highest BCUT2D eigenvalue weighted by Crippen LogP contribution is 2.20. The molecule has 0 aromatic heterocycles. The topological polar surface area (TPSA) is 77.9 Å². The van der Waals surface area contributed by atoms with E-state index >= 15 is 0 Å². The molecular weight excluding hydrogens is 284 g/mol. The van der Waals surface area contributed by atoms with Crippen molar-refractivity contribution in [3.05, 3.63) is 35.4 Å². The van der Waals surface area contributed by atoms with Gasteiger partial charge in [-0.05, 0) is 43.5 Å². The van der Waals surface area contributed by atoms with Crippen LogP contribution < -0.4 is 0 Å². The van der Waals surface area contributed by atoms with E-state index in [0.717, 1.165) is 12.8 Å². The van der Waals surface area contributed by atoms with Crippen molar-refractivity contribution < 1.29 is 19.5 Å². The molecule has 1 aromatic rings.